The highest BCUT2D eigenvalue weighted by molar-refractivity contribution is 7.91. The lowest BCUT2D eigenvalue weighted by atomic mass is 10.3. The maximum atomic E-state index is 12.9. The van der Waals surface area contributed by atoms with Crippen molar-refractivity contribution in [3.63, 3.8) is 0 Å². The molecule has 0 aliphatic carbocycles. The Labute approximate surface area is 158 Å². The highest BCUT2D eigenvalue weighted by Gasteiger charge is 2.26. The molecule has 0 saturated carbocycles. The van der Waals surface area contributed by atoms with Gasteiger partial charge in [-0.2, -0.15) is 0 Å². The van der Waals surface area contributed by atoms with Crippen LogP contribution in [0.15, 0.2) is 45.0 Å². The number of aryl methyl sites for hydroxylation is 1. The molecule has 1 aromatic carbocycles. The molecule has 0 bridgehead atoms. The van der Waals surface area contributed by atoms with Crippen LogP contribution in [0.5, 0.6) is 5.75 Å². The first-order valence-electron chi connectivity index (χ1n) is 7.88. The van der Waals surface area contributed by atoms with Crippen LogP contribution < -0.4 is 10.3 Å². The molecule has 10 heteroatoms. The van der Waals surface area contributed by atoms with E-state index in [0.29, 0.717) is 5.75 Å². The number of thiazole rings is 1. The van der Waals surface area contributed by atoms with E-state index >= 15 is 0 Å². The Balaban J connectivity index is 2.17. The molecule has 0 fully saturated rings. The predicted octanol–water partition coefficient (Wildman–Crippen LogP) is 2.08. The van der Waals surface area contributed by atoms with Crippen LogP contribution >= 0.6 is 11.3 Å². The number of carbonyl (C=O) groups excluding carboxylic acids is 1. The van der Waals surface area contributed by atoms with Crippen molar-refractivity contribution in [3.8, 4) is 5.75 Å². The minimum absolute atomic E-state index is 0.0550. The fraction of sp³-hybridized carbons (Fsp3) is 0.235. The van der Waals surface area contributed by atoms with Crippen molar-refractivity contribution in [2.24, 2.45) is 0 Å². The number of nitrogens with zero attached hydrogens (tertiary/aromatic N) is 2. The number of ether oxygens (including phenoxy) is 2. The van der Waals surface area contributed by atoms with Gasteiger partial charge >= 0.3 is 5.97 Å². The van der Waals surface area contributed by atoms with Gasteiger partial charge in [-0.1, -0.05) is 11.3 Å². The summed E-state index contributed by atoms with van der Waals surface area (Å²) in [6.07, 6.45) is 1.02. The van der Waals surface area contributed by atoms with Gasteiger partial charge in [-0.15, -0.1) is 0 Å². The summed E-state index contributed by atoms with van der Waals surface area (Å²) in [6, 6.07) is 5.69. The molecular formula is C17H16N2O6S2. The molecule has 0 atom stereocenters. The topological polar surface area (TPSA) is 104 Å². The summed E-state index contributed by atoms with van der Waals surface area (Å²) in [5.74, 6) is -0.0866. The third-order valence-corrected chi connectivity index (χ3v) is 6.76. The number of esters is 1. The van der Waals surface area contributed by atoms with Crippen LogP contribution in [0, 0.1) is 6.92 Å². The fourth-order valence-electron chi connectivity index (χ4n) is 2.51. The molecule has 2 aromatic heterocycles. The molecule has 0 aliphatic rings. The minimum atomic E-state index is -4.09. The maximum Gasteiger partial charge on any atom is 0.350 e. The number of carbonyl (C=O) groups is 1. The molecule has 0 saturated heterocycles. The monoisotopic (exact) mass is 408 g/mol. The van der Waals surface area contributed by atoms with Crippen LogP contribution in [0.2, 0.25) is 0 Å². The van der Waals surface area contributed by atoms with Crippen LogP contribution in [-0.2, 0) is 14.6 Å². The number of fused-ring (bicyclic) bond motifs is 1. The van der Waals surface area contributed by atoms with E-state index in [0.717, 1.165) is 21.9 Å². The van der Waals surface area contributed by atoms with E-state index in [-0.39, 0.29) is 27.0 Å². The summed E-state index contributed by atoms with van der Waals surface area (Å²) in [5.41, 5.74) is -0.474. The Morgan fingerprint density at radius 1 is 1.26 bits per heavy atom. The number of sulfone groups is 1. The fourth-order valence-corrected chi connectivity index (χ4v) is 4.75. The van der Waals surface area contributed by atoms with E-state index in [1.165, 1.54) is 31.4 Å². The number of benzene rings is 1. The van der Waals surface area contributed by atoms with Crippen molar-refractivity contribution in [1.82, 2.24) is 9.38 Å². The first kappa shape index (κ1) is 19.1. The van der Waals surface area contributed by atoms with Crippen LogP contribution in [-0.4, -0.2) is 37.5 Å². The summed E-state index contributed by atoms with van der Waals surface area (Å²) >= 11 is 0.972. The molecule has 0 amide bonds. The average Bonchev–Trinajstić information content (AvgIpc) is 2.99. The van der Waals surface area contributed by atoms with Crippen molar-refractivity contribution >= 4 is 32.1 Å². The molecule has 142 valence electrons. The van der Waals surface area contributed by atoms with Gasteiger partial charge in [-0.3, -0.25) is 9.20 Å². The smallest absolute Gasteiger partial charge is 0.350 e. The lowest BCUT2D eigenvalue weighted by molar-refractivity contribution is 0.0531. The van der Waals surface area contributed by atoms with Gasteiger partial charge in [-0.25, -0.2) is 18.2 Å². The summed E-state index contributed by atoms with van der Waals surface area (Å²) in [5, 5.41) is 0. The van der Waals surface area contributed by atoms with E-state index in [2.05, 4.69) is 4.98 Å². The maximum absolute atomic E-state index is 12.9. The first-order chi connectivity index (χ1) is 12.8. The van der Waals surface area contributed by atoms with E-state index < -0.39 is 26.3 Å². The summed E-state index contributed by atoms with van der Waals surface area (Å²) < 4.78 is 36.8. The molecule has 27 heavy (non-hydrogen) atoms. The van der Waals surface area contributed by atoms with Crippen molar-refractivity contribution in [2.75, 3.05) is 13.7 Å². The third-order valence-electron chi connectivity index (χ3n) is 3.87. The zero-order valence-electron chi connectivity index (χ0n) is 14.8. The molecule has 0 unspecified atom stereocenters. The van der Waals surface area contributed by atoms with Crippen molar-refractivity contribution in [2.45, 2.75) is 23.6 Å². The third kappa shape index (κ3) is 3.21. The Morgan fingerprint density at radius 3 is 2.52 bits per heavy atom. The van der Waals surface area contributed by atoms with E-state index in [9.17, 15) is 18.0 Å². The van der Waals surface area contributed by atoms with Gasteiger partial charge in [-0.05, 0) is 38.1 Å². The number of rotatable bonds is 5. The zero-order chi connectivity index (χ0) is 19.8. The Kier molecular flexibility index (Phi) is 5.03. The van der Waals surface area contributed by atoms with Crippen molar-refractivity contribution in [1.29, 1.82) is 0 Å². The Bertz CT molecular complexity index is 1180. The van der Waals surface area contributed by atoms with Crippen LogP contribution in [0.1, 0.15) is 22.3 Å². The number of hydrogen-bond acceptors (Lipinski definition) is 8. The van der Waals surface area contributed by atoms with Crippen molar-refractivity contribution in [3.05, 3.63) is 51.4 Å². The largest absolute Gasteiger partial charge is 0.497 e. The van der Waals surface area contributed by atoms with Crippen LogP contribution in [0.25, 0.3) is 4.96 Å². The average molecular weight is 408 g/mol. The molecule has 3 aromatic rings. The van der Waals surface area contributed by atoms with Gasteiger partial charge in [0.1, 0.15) is 10.6 Å². The minimum Gasteiger partial charge on any atom is -0.497 e. The number of hydrogen-bond donors (Lipinski definition) is 0. The molecule has 0 spiro atoms. The Morgan fingerprint density at radius 2 is 1.93 bits per heavy atom. The normalized spacial score (nSPS) is 11.5. The van der Waals surface area contributed by atoms with Crippen molar-refractivity contribution < 1.29 is 22.7 Å². The second-order valence-corrected chi connectivity index (χ2v) is 8.36. The van der Waals surface area contributed by atoms with Gasteiger partial charge in [0.25, 0.3) is 5.56 Å². The second kappa shape index (κ2) is 7.12. The number of aromatic nitrogens is 2. The molecule has 0 radical (unpaired) electrons. The quantitative estimate of drug-likeness (QED) is 0.595. The lowest BCUT2D eigenvalue weighted by Crippen LogP contribution is -2.23. The number of methoxy groups -OCH3 is 1. The van der Waals surface area contributed by atoms with E-state index in [4.69, 9.17) is 9.47 Å². The van der Waals surface area contributed by atoms with Gasteiger partial charge in [0, 0.05) is 0 Å². The summed E-state index contributed by atoms with van der Waals surface area (Å²) in [6.45, 7) is 3.40. The van der Waals surface area contributed by atoms with Gasteiger partial charge in [0.2, 0.25) is 9.84 Å². The first-order valence-corrected chi connectivity index (χ1v) is 10.2. The van der Waals surface area contributed by atoms with Crippen LogP contribution in [0.3, 0.4) is 0 Å². The predicted molar refractivity (Wildman–Crippen MR) is 98.5 cm³/mol. The summed E-state index contributed by atoms with van der Waals surface area (Å²) in [7, 11) is -2.62. The Hall–Kier alpha value is -2.72. The molecule has 3 rings (SSSR count). The lowest BCUT2D eigenvalue weighted by Gasteiger charge is -2.06. The van der Waals surface area contributed by atoms with Crippen LogP contribution in [0.4, 0.5) is 0 Å². The zero-order valence-corrected chi connectivity index (χ0v) is 16.4. The SMILES string of the molecule is CCOC(=O)c1sc2ncc(S(=O)(=O)c3ccc(OC)cc3)c(=O)n2c1C. The van der Waals surface area contributed by atoms with Gasteiger partial charge < -0.3 is 9.47 Å². The second-order valence-electron chi connectivity index (χ2n) is 5.46. The molecule has 8 nitrogen and oxygen atoms in total. The molecule has 0 aliphatic heterocycles. The standard InChI is InChI=1S/C17H16N2O6S2/c1-4-25-16(21)14-10(2)19-15(20)13(9-18-17(19)26-14)27(22,23)12-7-5-11(24-3)6-8-12/h5-9H,4H2,1-3H3. The van der Waals surface area contributed by atoms with Gasteiger partial charge in [0.15, 0.2) is 9.86 Å². The molecule has 2 heterocycles. The van der Waals surface area contributed by atoms with E-state index in [1.807, 2.05) is 0 Å². The highest BCUT2D eigenvalue weighted by atomic mass is 32.2. The highest BCUT2D eigenvalue weighted by Crippen LogP contribution is 2.24. The van der Waals surface area contributed by atoms with Gasteiger partial charge in [0.05, 0.1) is 30.5 Å². The molecule has 0 N–H and O–H groups in total. The molecular weight excluding hydrogens is 392 g/mol. The summed E-state index contributed by atoms with van der Waals surface area (Å²) in [4.78, 5) is 28.8. The van der Waals surface area contributed by atoms with E-state index in [1.54, 1.807) is 13.8 Å².